The number of hydrogen-bond donors (Lipinski definition) is 2. The summed E-state index contributed by atoms with van der Waals surface area (Å²) in [5.74, 6) is 1.13. The Kier molecular flexibility index (Phi) is 5.46. The zero-order chi connectivity index (χ0) is 19.5. The summed E-state index contributed by atoms with van der Waals surface area (Å²) in [6, 6.07) is 19.5. The predicted molar refractivity (Wildman–Crippen MR) is 112 cm³/mol. The minimum Gasteiger partial charge on any atom is -0.309 e. The Balaban J connectivity index is 1.43. The summed E-state index contributed by atoms with van der Waals surface area (Å²) in [5, 5.41) is 11.7. The van der Waals surface area contributed by atoms with Crippen molar-refractivity contribution < 1.29 is 4.79 Å². The van der Waals surface area contributed by atoms with Gasteiger partial charge in [-0.25, -0.2) is 4.68 Å². The van der Waals surface area contributed by atoms with E-state index >= 15 is 0 Å². The van der Waals surface area contributed by atoms with Gasteiger partial charge in [0.2, 0.25) is 5.91 Å². The highest BCUT2D eigenvalue weighted by atomic mass is 35.5. The summed E-state index contributed by atoms with van der Waals surface area (Å²) in [7, 11) is 0. The molecule has 1 aliphatic rings. The Morgan fingerprint density at radius 1 is 1.18 bits per heavy atom. The van der Waals surface area contributed by atoms with Crippen LogP contribution in [0, 0.1) is 0 Å². The van der Waals surface area contributed by atoms with Crippen LogP contribution in [0.5, 0.6) is 0 Å². The lowest BCUT2D eigenvalue weighted by Gasteiger charge is -2.14. The van der Waals surface area contributed by atoms with E-state index < -0.39 is 0 Å². The van der Waals surface area contributed by atoms with Crippen LogP contribution in [0.3, 0.4) is 0 Å². The molecule has 0 aliphatic heterocycles. The second kappa shape index (κ2) is 8.17. The number of amides is 1. The number of nitrogens with one attached hydrogen (secondary N) is 2. The van der Waals surface area contributed by atoms with Crippen LogP contribution >= 0.6 is 11.6 Å². The number of para-hydroxylation sites is 1. The number of aromatic nitrogens is 2. The van der Waals surface area contributed by atoms with Crippen molar-refractivity contribution >= 4 is 23.3 Å². The molecule has 0 bridgehead atoms. The number of nitrogens with zero attached hydrogens (tertiary/aromatic N) is 2. The summed E-state index contributed by atoms with van der Waals surface area (Å²) in [6.45, 7) is 2.23. The van der Waals surface area contributed by atoms with Gasteiger partial charge in [0.25, 0.3) is 0 Å². The highest BCUT2D eigenvalue weighted by molar-refractivity contribution is 6.30. The molecule has 1 heterocycles. The number of anilines is 1. The van der Waals surface area contributed by atoms with Crippen molar-refractivity contribution in [3.8, 4) is 5.69 Å². The minimum absolute atomic E-state index is 0.0454. The molecular weight excluding hydrogens is 372 g/mol. The Hall–Kier alpha value is -2.63. The van der Waals surface area contributed by atoms with Gasteiger partial charge < -0.3 is 10.6 Å². The lowest BCUT2D eigenvalue weighted by molar-refractivity contribution is -0.115. The van der Waals surface area contributed by atoms with E-state index in [4.69, 9.17) is 16.7 Å². The van der Waals surface area contributed by atoms with Gasteiger partial charge in [-0.2, -0.15) is 5.10 Å². The zero-order valence-corrected chi connectivity index (χ0v) is 16.5. The Labute approximate surface area is 169 Å². The van der Waals surface area contributed by atoms with Gasteiger partial charge in [0.15, 0.2) is 0 Å². The predicted octanol–water partition coefficient (Wildman–Crippen LogP) is 4.69. The average Bonchev–Trinajstić information content (AvgIpc) is 3.48. The van der Waals surface area contributed by atoms with Gasteiger partial charge in [-0.15, -0.1) is 0 Å². The first-order valence-corrected chi connectivity index (χ1v) is 9.92. The fourth-order valence-corrected chi connectivity index (χ4v) is 3.26. The van der Waals surface area contributed by atoms with Gasteiger partial charge in [-0.1, -0.05) is 41.9 Å². The number of halogens is 1. The topological polar surface area (TPSA) is 59.0 Å². The molecule has 2 N–H and O–H groups in total. The first kappa shape index (κ1) is 18.7. The van der Waals surface area contributed by atoms with Crippen LogP contribution in [0.2, 0.25) is 5.02 Å². The SMILES string of the molecule is C[C@@H](NCC(=O)Nc1cc(C2CC2)nn1-c1ccccc1)c1ccc(Cl)cc1. The maximum absolute atomic E-state index is 12.5. The molecule has 2 aromatic carbocycles. The van der Waals surface area contributed by atoms with Crippen LogP contribution in [-0.2, 0) is 4.79 Å². The van der Waals surface area contributed by atoms with E-state index in [1.165, 1.54) is 12.8 Å². The van der Waals surface area contributed by atoms with Crippen LogP contribution < -0.4 is 10.6 Å². The van der Waals surface area contributed by atoms with E-state index in [1.807, 2.05) is 72.3 Å². The highest BCUT2D eigenvalue weighted by Crippen LogP contribution is 2.40. The quantitative estimate of drug-likeness (QED) is 0.611. The molecule has 0 saturated heterocycles. The van der Waals surface area contributed by atoms with E-state index in [1.54, 1.807) is 0 Å². The number of carbonyl (C=O) groups is 1. The number of hydrogen-bond acceptors (Lipinski definition) is 3. The van der Waals surface area contributed by atoms with E-state index in [0.29, 0.717) is 16.8 Å². The van der Waals surface area contributed by atoms with Gasteiger partial charge in [-0.05, 0) is 49.6 Å². The first-order chi connectivity index (χ1) is 13.6. The van der Waals surface area contributed by atoms with Crippen molar-refractivity contribution in [2.24, 2.45) is 0 Å². The highest BCUT2D eigenvalue weighted by Gasteiger charge is 2.28. The number of carbonyl (C=O) groups excluding carboxylic acids is 1. The molecule has 1 aromatic heterocycles. The van der Waals surface area contributed by atoms with Gasteiger partial charge >= 0.3 is 0 Å². The summed E-state index contributed by atoms with van der Waals surface area (Å²) in [6.07, 6.45) is 2.33. The van der Waals surface area contributed by atoms with Gasteiger partial charge in [0.05, 0.1) is 17.9 Å². The molecule has 1 atom stereocenters. The second-order valence-electron chi connectivity index (χ2n) is 7.18. The fourth-order valence-electron chi connectivity index (χ4n) is 3.14. The van der Waals surface area contributed by atoms with Crippen molar-refractivity contribution in [3.05, 3.63) is 76.9 Å². The maximum atomic E-state index is 12.5. The minimum atomic E-state index is -0.0970. The maximum Gasteiger partial charge on any atom is 0.239 e. The second-order valence-corrected chi connectivity index (χ2v) is 7.61. The lowest BCUT2D eigenvalue weighted by Crippen LogP contribution is -2.30. The standard InChI is InChI=1S/C22H23ClN4O/c1-15(16-9-11-18(23)12-10-16)24-14-22(28)25-21-13-20(17-7-8-17)26-27(21)19-5-3-2-4-6-19/h2-6,9-13,15,17,24H,7-8,14H2,1H3,(H,25,28)/t15-/m1/s1. The molecule has 28 heavy (non-hydrogen) atoms. The van der Waals surface area contributed by atoms with E-state index in [9.17, 15) is 4.79 Å². The van der Waals surface area contributed by atoms with Crippen molar-refractivity contribution in [3.63, 3.8) is 0 Å². The smallest absolute Gasteiger partial charge is 0.239 e. The van der Waals surface area contributed by atoms with E-state index in [2.05, 4.69) is 10.6 Å². The monoisotopic (exact) mass is 394 g/mol. The Bertz CT molecular complexity index is 948. The van der Waals surface area contributed by atoms with Crippen molar-refractivity contribution in [1.29, 1.82) is 0 Å². The molecule has 6 heteroatoms. The summed E-state index contributed by atoms with van der Waals surface area (Å²) in [5.41, 5.74) is 3.07. The third-order valence-corrected chi connectivity index (χ3v) is 5.18. The van der Waals surface area contributed by atoms with Gasteiger partial charge in [-0.3, -0.25) is 4.79 Å². The summed E-state index contributed by atoms with van der Waals surface area (Å²) >= 11 is 5.94. The Morgan fingerprint density at radius 3 is 2.57 bits per heavy atom. The first-order valence-electron chi connectivity index (χ1n) is 9.54. The molecule has 3 aromatic rings. The number of rotatable bonds is 7. The molecule has 0 unspecified atom stereocenters. The fraction of sp³-hybridized carbons (Fsp3) is 0.273. The third kappa shape index (κ3) is 4.43. The molecule has 144 valence electrons. The van der Waals surface area contributed by atoms with Crippen LogP contribution in [0.15, 0.2) is 60.7 Å². The largest absolute Gasteiger partial charge is 0.309 e. The molecule has 4 rings (SSSR count). The molecule has 5 nitrogen and oxygen atoms in total. The molecule has 0 radical (unpaired) electrons. The number of benzene rings is 2. The summed E-state index contributed by atoms with van der Waals surface area (Å²) < 4.78 is 1.81. The Morgan fingerprint density at radius 2 is 1.89 bits per heavy atom. The molecule has 1 fully saturated rings. The van der Waals surface area contributed by atoms with Crippen molar-refractivity contribution in [2.45, 2.75) is 31.7 Å². The molecule has 1 saturated carbocycles. The zero-order valence-electron chi connectivity index (χ0n) is 15.7. The molecule has 1 aliphatic carbocycles. The van der Waals surface area contributed by atoms with E-state index in [-0.39, 0.29) is 18.5 Å². The third-order valence-electron chi connectivity index (χ3n) is 4.93. The normalized spacial score (nSPS) is 14.6. The van der Waals surface area contributed by atoms with Crippen LogP contribution in [0.25, 0.3) is 5.69 Å². The molecular formula is C22H23ClN4O. The lowest BCUT2D eigenvalue weighted by atomic mass is 10.1. The van der Waals surface area contributed by atoms with Gasteiger partial charge in [0.1, 0.15) is 5.82 Å². The summed E-state index contributed by atoms with van der Waals surface area (Å²) in [4.78, 5) is 12.5. The van der Waals surface area contributed by atoms with E-state index in [0.717, 1.165) is 16.9 Å². The van der Waals surface area contributed by atoms with Crippen LogP contribution in [0.1, 0.15) is 43.0 Å². The van der Waals surface area contributed by atoms with Crippen LogP contribution in [0.4, 0.5) is 5.82 Å². The molecule has 1 amide bonds. The van der Waals surface area contributed by atoms with Crippen molar-refractivity contribution in [2.75, 3.05) is 11.9 Å². The van der Waals surface area contributed by atoms with Crippen LogP contribution in [-0.4, -0.2) is 22.2 Å². The molecule has 0 spiro atoms. The van der Waals surface area contributed by atoms with Crippen molar-refractivity contribution in [1.82, 2.24) is 15.1 Å². The average molecular weight is 395 g/mol. The van der Waals surface area contributed by atoms with Gasteiger partial charge in [0, 0.05) is 23.0 Å².